The number of methoxy groups -OCH3 is 1. The van der Waals surface area contributed by atoms with Crippen molar-refractivity contribution in [1.29, 1.82) is 0 Å². The summed E-state index contributed by atoms with van der Waals surface area (Å²) in [5, 5.41) is 0. The molecule has 1 aromatic carbocycles. The first-order valence-corrected chi connectivity index (χ1v) is 5.47. The lowest BCUT2D eigenvalue weighted by atomic mass is 10.1. The Hall–Kier alpha value is -2.34. The fourth-order valence-corrected chi connectivity index (χ4v) is 1.90. The van der Waals surface area contributed by atoms with E-state index in [1.807, 2.05) is 12.1 Å². The molecular formula is C12H12N4O2. The van der Waals surface area contributed by atoms with Crippen molar-refractivity contribution >= 4 is 11.0 Å². The van der Waals surface area contributed by atoms with Gasteiger partial charge < -0.3 is 19.9 Å². The van der Waals surface area contributed by atoms with Gasteiger partial charge in [0.15, 0.2) is 12.2 Å². The summed E-state index contributed by atoms with van der Waals surface area (Å²) in [5.74, 6) is 2.08. The largest absolute Gasteiger partial charge is 0.496 e. The van der Waals surface area contributed by atoms with Crippen LogP contribution in [-0.2, 0) is 6.54 Å². The highest BCUT2D eigenvalue weighted by Gasteiger charge is 2.13. The molecule has 0 aliphatic carbocycles. The monoisotopic (exact) mass is 244 g/mol. The van der Waals surface area contributed by atoms with Crippen LogP contribution in [0.15, 0.2) is 29.1 Å². The molecule has 0 saturated carbocycles. The van der Waals surface area contributed by atoms with Gasteiger partial charge in [-0.1, -0.05) is 0 Å². The number of fused-ring (bicyclic) bond motifs is 1. The van der Waals surface area contributed by atoms with E-state index in [1.165, 1.54) is 6.39 Å². The molecule has 92 valence electrons. The number of imidazole rings is 1. The minimum absolute atomic E-state index is 0.370. The number of oxazole rings is 1. The number of nitrogens with one attached hydrogen (secondary N) is 1. The molecule has 0 radical (unpaired) electrons. The topological polar surface area (TPSA) is 90.0 Å². The molecule has 0 amide bonds. The maximum Gasteiger partial charge on any atom is 0.181 e. The number of nitrogens with zero attached hydrogens (tertiary/aromatic N) is 2. The van der Waals surface area contributed by atoms with Crippen LogP contribution < -0.4 is 10.5 Å². The fourth-order valence-electron chi connectivity index (χ4n) is 1.90. The van der Waals surface area contributed by atoms with E-state index >= 15 is 0 Å². The summed E-state index contributed by atoms with van der Waals surface area (Å²) >= 11 is 0. The minimum atomic E-state index is 0.370. The van der Waals surface area contributed by atoms with Gasteiger partial charge in [-0.05, 0) is 6.07 Å². The third kappa shape index (κ3) is 1.63. The van der Waals surface area contributed by atoms with E-state index in [0.717, 1.165) is 22.4 Å². The minimum Gasteiger partial charge on any atom is -0.496 e. The van der Waals surface area contributed by atoms with Gasteiger partial charge in [0.05, 0.1) is 36.4 Å². The van der Waals surface area contributed by atoms with Gasteiger partial charge in [-0.15, -0.1) is 0 Å². The Morgan fingerprint density at radius 3 is 3.00 bits per heavy atom. The van der Waals surface area contributed by atoms with Gasteiger partial charge in [0.2, 0.25) is 0 Å². The lowest BCUT2D eigenvalue weighted by Crippen LogP contribution is -1.97. The van der Waals surface area contributed by atoms with Gasteiger partial charge in [-0.25, -0.2) is 9.97 Å². The first-order chi connectivity index (χ1) is 8.81. The van der Waals surface area contributed by atoms with Gasteiger partial charge in [-0.3, -0.25) is 0 Å². The number of benzene rings is 1. The number of H-pyrrole nitrogens is 1. The summed E-state index contributed by atoms with van der Waals surface area (Å²) in [6, 6.07) is 3.77. The van der Waals surface area contributed by atoms with Crippen LogP contribution in [0.4, 0.5) is 0 Å². The van der Waals surface area contributed by atoms with Crippen LogP contribution in [-0.4, -0.2) is 22.1 Å². The van der Waals surface area contributed by atoms with E-state index in [9.17, 15) is 0 Å². The van der Waals surface area contributed by atoms with E-state index < -0.39 is 0 Å². The average Bonchev–Trinajstić information content (AvgIpc) is 3.05. The number of rotatable bonds is 3. The lowest BCUT2D eigenvalue weighted by Gasteiger charge is -2.05. The SMILES string of the molecule is COc1cc2nc(CN)[nH]c2cc1-c1cnco1. The smallest absolute Gasteiger partial charge is 0.181 e. The number of hydrogen-bond acceptors (Lipinski definition) is 5. The van der Waals surface area contributed by atoms with Gasteiger partial charge in [0.25, 0.3) is 0 Å². The summed E-state index contributed by atoms with van der Waals surface area (Å²) < 4.78 is 10.6. The summed E-state index contributed by atoms with van der Waals surface area (Å²) in [6.45, 7) is 0.370. The maximum atomic E-state index is 5.56. The zero-order valence-corrected chi connectivity index (χ0v) is 9.80. The number of nitrogens with two attached hydrogens (primary N) is 1. The normalized spacial score (nSPS) is 11.0. The Bertz CT molecular complexity index is 673. The third-order valence-electron chi connectivity index (χ3n) is 2.74. The zero-order chi connectivity index (χ0) is 12.5. The van der Waals surface area contributed by atoms with E-state index in [2.05, 4.69) is 15.0 Å². The van der Waals surface area contributed by atoms with Crippen molar-refractivity contribution in [1.82, 2.24) is 15.0 Å². The molecule has 0 unspecified atom stereocenters. The molecule has 2 heterocycles. The van der Waals surface area contributed by atoms with Crippen molar-refractivity contribution in [2.75, 3.05) is 7.11 Å². The van der Waals surface area contributed by atoms with Crippen molar-refractivity contribution in [3.63, 3.8) is 0 Å². The van der Waals surface area contributed by atoms with E-state index in [1.54, 1.807) is 13.3 Å². The van der Waals surface area contributed by atoms with Crippen molar-refractivity contribution in [2.24, 2.45) is 5.73 Å². The molecule has 0 saturated heterocycles. The van der Waals surface area contributed by atoms with Gasteiger partial charge >= 0.3 is 0 Å². The number of hydrogen-bond donors (Lipinski definition) is 2. The Morgan fingerprint density at radius 2 is 2.33 bits per heavy atom. The fraction of sp³-hybridized carbons (Fsp3) is 0.167. The van der Waals surface area contributed by atoms with Crippen molar-refractivity contribution < 1.29 is 9.15 Å². The van der Waals surface area contributed by atoms with E-state index in [0.29, 0.717) is 18.1 Å². The van der Waals surface area contributed by atoms with Crippen molar-refractivity contribution in [3.8, 4) is 17.1 Å². The van der Waals surface area contributed by atoms with Gasteiger partial charge in [0.1, 0.15) is 11.6 Å². The van der Waals surface area contributed by atoms with Crippen LogP contribution in [0.2, 0.25) is 0 Å². The Kier molecular flexibility index (Phi) is 2.49. The molecule has 0 bridgehead atoms. The number of ether oxygens (including phenoxy) is 1. The van der Waals surface area contributed by atoms with E-state index in [-0.39, 0.29) is 0 Å². The standard InChI is InChI=1S/C12H12N4O2/c1-17-10-3-9-8(15-12(4-13)16-9)2-7(10)11-5-14-6-18-11/h2-3,5-6H,4,13H2,1H3,(H,15,16). The quantitative estimate of drug-likeness (QED) is 0.731. The molecule has 0 fully saturated rings. The van der Waals surface area contributed by atoms with Gasteiger partial charge in [0, 0.05) is 6.07 Å². The van der Waals surface area contributed by atoms with Crippen molar-refractivity contribution in [2.45, 2.75) is 6.54 Å². The second-order valence-electron chi connectivity index (χ2n) is 3.82. The average molecular weight is 244 g/mol. The van der Waals surface area contributed by atoms with Gasteiger partial charge in [-0.2, -0.15) is 0 Å². The highest BCUT2D eigenvalue weighted by Crippen LogP contribution is 2.33. The Labute approximate surface area is 103 Å². The molecule has 6 heteroatoms. The van der Waals surface area contributed by atoms with Crippen LogP contribution in [0.25, 0.3) is 22.4 Å². The van der Waals surface area contributed by atoms with Crippen LogP contribution in [0.3, 0.4) is 0 Å². The van der Waals surface area contributed by atoms with Crippen LogP contribution >= 0.6 is 0 Å². The molecule has 0 atom stereocenters. The molecule has 0 aliphatic heterocycles. The molecule has 6 nitrogen and oxygen atoms in total. The molecule has 3 N–H and O–H groups in total. The third-order valence-corrected chi connectivity index (χ3v) is 2.74. The number of aromatic nitrogens is 3. The predicted molar refractivity (Wildman–Crippen MR) is 66.0 cm³/mol. The Morgan fingerprint density at radius 1 is 1.44 bits per heavy atom. The summed E-state index contributed by atoms with van der Waals surface area (Å²) in [6.07, 6.45) is 3.03. The number of aromatic amines is 1. The molecule has 3 rings (SSSR count). The van der Waals surface area contributed by atoms with Crippen LogP contribution in [0, 0.1) is 0 Å². The molecule has 2 aromatic heterocycles. The molecule has 18 heavy (non-hydrogen) atoms. The second kappa shape index (κ2) is 4.15. The highest BCUT2D eigenvalue weighted by atomic mass is 16.5. The molecule has 0 spiro atoms. The van der Waals surface area contributed by atoms with E-state index in [4.69, 9.17) is 14.9 Å². The lowest BCUT2D eigenvalue weighted by molar-refractivity contribution is 0.415. The summed E-state index contributed by atoms with van der Waals surface area (Å²) in [4.78, 5) is 11.4. The maximum absolute atomic E-state index is 5.56. The Balaban J connectivity index is 2.23. The highest BCUT2D eigenvalue weighted by molar-refractivity contribution is 5.84. The first-order valence-electron chi connectivity index (χ1n) is 5.47. The summed E-state index contributed by atoms with van der Waals surface area (Å²) in [5.41, 5.74) is 8.10. The predicted octanol–water partition coefficient (Wildman–Crippen LogP) is 1.69. The van der Waals surface area contributed by atoms with Crippen LogP contribution in [0.1, 0.15) is 5.82 Å². The zero-order valence-electron chi connectivity index (χ0n) is 9.80. The van der Waals surface area contributed by atoms with Crippen molar-refractivity contribution in [3.05, 3.63) is 30.5 Å². The summed E-state index contributed by atoms with van der Waals surface area (Å²) in [7, 11) is 1.61. The first kappa shape index (κ1) is 10.8. The second-order valence-corrected chi connectivity index (χ2v) is 3.82. The van der Waals surface area contributed by atoms with Crippen LogP contribution in [0.5, 0.6) is 5.75 Å². The molecule has 3 aromatic rings. The molecular weight excluding hydrogens is 232 g/mol. The molecule has 0 aliphatic rings.